The lowest BCUT2D eigenvalue weighted by Crippen LogP contribution is -2.11. The van der Waals surface area contributed by atoms with Crippen molar-refractivity contribution in [3.05, 3.63) is 51.0 Å². The maximum Gasteiger partial charge on any atom is 0.286 e. The molecule has 0 atom stereocenters. The zero-order valence-corrected chi connectivity index (χ0v) is 13.5. The molecule has 2 heterocycles. The van der Waals surface area contributed by atoms with Crippen molar-refractivity contribution in [2.45, 2.75) is 0 Å². The van der Waals surface area contributed by atoms with Gasteiger partial charge < -0.3 is 15.5 Å². The lowest BCUT2D eigenvalue weighted by Gasteiger charge is -2.08. The highest BCUT2D eigenvalue weighted by Crippen LogP contribution is 2.35. The lowest BCUT2D eigenvalue weighted by molar-refractivity contribution is 0.0977. The zero-order valence-electron chi connectivity index (χ0n) is 10.6. The van der Waals surface area contributed by atoms with Crippen molar-refractivity contribution in [1.29, 1.82) is 0 Å². The van der Waals surface area contributed by atoms with Crippen molar-refractivity contribution < 1.29 is 9.21 Å². The molecule has 0 aliphatic carbocycles. The number of furan rings is 1. The summed E-state index contributed by atoms with van der Waals surface area (Å²) in [6, 6.07) is 7.21. The van der Waals surface area contributed by atoms with Gasteiger partial charge >= 0.3 is 0 Å². The number of carbonyl (C=O) groups excluding carboxylic acids is 1. The first-order valence-electron chi connectivity index (χ1n) is 5.94. The molecular weight excluding hydrogens is 405 g/mol. The number of aromatic nitrogens is 1. The van der Waals surface area contributed by atoms with E-state index in [1.54, 1.807) is 18.5 Å². The number of hydrogen-bond donors (Lipinski definition) is 2. The second-order valence-corrected chi connectivity index (χ2v) is 5.94. The Morgan fingerprint density at radius 3 is 2.90 bits per heavy atom. The van der Waals surface area contributed by atoms with E-state index in [0.29, 0.717) is 27.4 Å². The first-order valence-corrected chi connectivity index (χ1v) is 7.40. The summed E-state index contributed by atoms with van der Waals surface area (Å²) in [5.74, 6) is -0.608. The average Bonchev–Trinajstić information content (AvgIpc) is 2.81. The monoisotopic (exact) mass is 413 g/mol. The molecule has 0 spiro atoms. The van der Waals surface area contributed by atoms with Gasteiger partial charge in [-0.05, 0) is 46.9 Å². The number of pyridine rings is 1. The minimum atomic E-state index is -0.657. The van der Waals surface area contributed by atoms with Crippen molar-refractivity contribution in [2.75, 3.05) is 5.32 Å². The van der Waals surface area contributed by atoms with Crippen molar-refractivity contribution in [1.82, 2.24) is 4.98 Å². The molecule has 2 aromatic heterocycles. The maximum absolute atomic E-state index is 11.6. The van der Waals surface area contributed by atoms with E-state index in [9.17, 15) is 4.79 Å². The summed E-state index contributed by atoms with van der Waals surface area (Å²) in [5, 5.41) is 4.31. The van der Waals surface area contributed by atoms with Crippen LogP contribution in [0.5, 0.6) is 0 Å². The van der Waals surface area contributed by atoms with Gasteiger partial charge in [-0.1, -0.05) is 11.6 Å². The minimum absolute atomic E-state index is 0.0487. The highest BCUT2D eigenvalue weighted by Gasteiger charge is 2.19. The summed E-state index contributed by atoms with van der Waals surface area (Å²) in [4.78, 5) is 15.6. The quantitative estimate of drug-likeness (QED) is 0.638. The van der Waals surface area contributed by atoms with Crippen LogP contribution < -0.4 is 11.1 Å². The van der Waals surface area contributed by atoms with Gasteiger partial charge in [-0.3, -0.25) is 9.78 Å². The number of anilines is 2. The highest BCUT2D eigenvalue weighted by atomic mass is 127. The fourth-order valence-electron chi connectivity index (χ4n) is 1.96. The number of fused-ring (bicyclic) bond motifs is 1. The summed E-state index contributed by atoms with van der Waals surface area (Å²) in [6.07, 6.45) is 3.19. The van der Waals surface area contributed by atoms with E-state index in [-0.39, 0.29) is 5.76 Å². The van der Waals surface area contributed by atoms with Crippen LogP contribution >= 0.6 is 34.2 Å². The van der Waals surface area contributed by atoms with E-state index in [1.807, 2.05) is 18.2 Å². The molecule has 3 N–H and O–H groups in total. The molecule has 7 heteroatoms. The largest absolute Gasteiger partial charge is 0.448 e. The van der Waals surface area contributed by atoms with Crippen LogP contribution in [-0.4, -0.2) is 10.9 Å². The van der Waals surface area contributed by atoms with Gasteiger partial charge in [0.1, 0.15) is 11.3 Å². The molecule has 1 aromatic carbocycles. The summed E-state index contributed by atoms with van der Waals surface area (Å²) < 4.78 is 6.49. The van der Waals surface area contributed by atoms with Crippen LogP contribution in [0.15, 0.2) is 41.1 Å². The number of primary amides is 1. The minimum Gasteiger partial charge on any atom is -0.448 e. The second-order valence-electron chi connectivity index (χ2n) is 4.29. The highest BCUT2D eigenvalue weighted by molar-refractivity contribution is 14.1. The van der Waals surface area contributed by atoms with Gasteiger partial charge in [0.15, 0.2) is 0 Å². The van der Waals surface area contributed by atoms with Gasteiger partial charge in [-0.2, -0.15) is 0 Å². The van der Waals surface area contributed by atoms with E-state index in [4.69, 9.17) is 21.8 Å². The summed E-state index contributed by atoms with van der Waals surface area (Å²) in [7, 11) is 0. The first kappa shape index (κ1) is 14.2. The first-order chi connectivity index (χ1) is 10.1. The summed E-state index contributed by atoms with van der Waals surface area (Å²) >= 11 is 8.37. The Kier molecular flexibility index (Phi) is 3.73. The van der Waals surface area contributed by atoms with Gasteiger partial charge in [-0.25, -0.2) is 0 Å². The third-order valence-corrected chi connectivity index (χ3v) is 3.89. The number of benzene rings is 1. The van der Waals surface area contributed by atoms with E-state index in [2.05, 4.69) is 32.9 Å². The lowest BCUT2D eigenvalue weighted by atomic mass is 10.2. The van der Waals surface area contributed by atoms with Gasteiger partial charge in [-0.15, -0.1) is 0 Å². The fraction of sp³-hybridized carbons (Fsp3) is 0. The number of amides is 1. The van der Waals surface area contributed by atoms with E-state index in [1.165, 1.54) is 0 Å². The predicted octanol–water partition coefficient (Wildman–Crippen LogP) is 3.93. The normalized spacial score (nSPS) is 10.8. The third-order valence-electron chi connectivity index (χ3n) is 2.90. The molecule has 3 aromatic rings. The van der Waals surface area contributed by atoms with Crippen LogP contribution in [0.25, 0.3) is 11.0 Å². The van der Waals surface area contributed by atoms with Gasteiger partial charge in [0.05, 0.1) is 16.1 Å². The average molecular weight is 414 g/mol. The van der Waals surface area contributed by atoms with Crippen LogP contribution in [0.4, 0.5) is 11.4 Å². The zero-order chi connectivity index (χ0) is 15.0. The Hall–Kier alpha value is -1.80. The van der Waals surface area contributed by atoms with E-state index >= 15 is 0 Å². The van der Waals surface area contributed by atoms with Gasteiger partial charge in [0, 0.05) is 16.0 Å². The molecule has 0 radical (unpaired) electrons. The molecular formula is C14H9ClIN3O2. The number of halogens is 2. The molecule has 0 aliphatic rings. The Labute approximate surface area is 138 Å². The molecule has 0 saturated carbocycles. The summed E-state index contributed by atoms with van der Waals surface area (Å²) in [6.45, 7) is 0. The van der Waals surface area contributed by atoms with E-state index < -0.39 is 5.91 Å². The van der Waals surface area contributed by atoms with Crippen LogP contribution in [0.3, 0.4) is 0 Å². The van der Waals surface area contributed by atoms with Crippen LogP contribution in [0, 0.1) is 3.57 Å². The van der Waals surface area contributed by atoms with Crippen LogP contribution in [0.1, 0.15) is 10.6 Å². The van der Waals surface area contributed by atoms with Crippen molar-refractivity contribution in [2.24, 2.45) is 5.73 Å². The Balaban J connectivity index is 2.14. The molecule has 106 valence electrons. The number of hydrogen-bond acceptors (Lipinski definition) is 4. The summed E-state index contributed by atoms with van der Waals surface area (Å²) in [5.41, 5.74) is 7.02. The molecule has 0 fully saturated rings. The Morgan fingerprint density at radius 1 is 1.38 bits per heavy atom. The standard InChI is InChI=1S/C14H9ClIN3O2/c15-9-5-7(16)1-2-10(9)19-12-8-6-18-4-3-11(8)21-13(12)14(17)20/h1-6,19H,(H2,17,20). The van der Waals surface area contributed by atoms with Crippen LogP contribution in [-0.2, 0) is 0 Å². The van der Waals surface area contributed by atoms with Crippen LogP contribution in [0.2, 0.25) is 5.02 Å². The molecule has 0 saturated heterocycles. The molecule has 0 bridgehead atoms. The van der Waals surface area contributed by atoms with Gasteiger partial charge in [0.2, 0.25) is 5.76 Å². The number of carbonyl (C=O) groups is 1. The smallest absolute Gasteiger partial charge is 0.286 e. The van der Waals surface area contributed by atoms with Crippen molar-refractivity contribution >= 4 is 62.4 Å². The van der Waals surface area contributed by atoms with Crippen molar-refractivity contribution in [3.63, 3.8) is 0 Å². The molecule has 1 amide bonds. The number of nitrogens with zero attached hydrogens (tertiary/aromatic N) is 1. The molecule has 5 nitrogen and oxygen atoms in total. The Morgan fingerprint density at radius 2 is 2.19 bits per heavy atom. The van der Waals surface area contributed by atoms with Gasteiger partial charge in [0.25, 0.3) is 5.91 Å². The molecule has 21 heavy (non-hydrogen) atoms. The molecule has 0 aliphatic heterocycles. The second kappa shape index (κ2) is 5.53. The third kappa shape index (κ3) is 2.68. The molecule has 0 unspecified atom stereocenters. The fourth-order valence-corrected chi connectivity index (χ4v) is 2.87. The number of rotatable bonds is 3. The molecule has 3 rings (SSSR count). The maximum atomic E-state index is 11.6. The predicted molar refractivity (Wildman–Crippen MR) is 90.0 cm³/mol. The number of nitrogens with two attached hydrogens (primary N) is 1. The Bertz CT molecular complexity index is 847. The van der Waals surface area contributed by atoms with E-state index in [0.717, 1.165) is 3.57 Å². The topological polar surface area (TPSA) is 81.2 Å². The number of nitrogens with one attached hydrogen (secondary N) is 1. The SMILES string of the molecule is NC(=O)c1oc2ccncc2c1Nc1ccc(I)cc1Cl. The van der Waals surface area contributed by atoms with Crippen molar-refractivity contribution in [3.8, 4) is 0 Å².